The summed E-state index contributed by atoms with van der Waals surface area (Å²) in [6.45, 7) is 0.428. The molecule has 1 aliphatic heterocycles. The maximum absolute atomic E-state index is 11.8. The van der Waals surface area contributed by atoms with Crippen molar-refractivity contribution in [1.82, 2.24) is 10.6 Å². The van der Waals surface area contributed by atoms with Gasteiger partial charge in [0.1, 0.15) is 0 Å². The van der Waals surface area contributed by atoms with Crippen molar-refractivity contribution in [3.05, 3.63) is 0 Å². The van der Waals surface area contributed by atoms with Gasteiger partial charge in [-0.15, -0.1) is 0 Å². The maximum atomic E-state index is 11.8. The lowest BCUT2D eigenvalue weighted by Gasteiger charge is -2.22. The van der Waals surface area contributed by atoms with E-state index in [0.717, 1.165) is 19.4 Å². The molecule has 6 heteroatoms. The van der Waals surface area contributed by atoms with E-state index >= 15 is 0 Å². The molecule has 0 aromatic heterocycles. The zero-order valence-electron chi connectivity index (χ0n) is 8.36. The van der Waals surface area contributed by atoms with E-state index in [1.807, 2.05) is 0 Å². The van der Waals surface area contributed by atoms with Gasteiger partial charge in [0.25, 0.3) is 0 Å². The van der Waals surface area contributed by atoms with E-state index in [-0.39, 0.29) is 18.5 Å². The van der Waals surface area contributed by atoms with Crippen LogP contribution < -0.4 is 10.6 Å². The van der Waals surface area contributed by atoms with Crippen LogP contribution in [0.5, 0.6) is 0 Å². The van der Waals surface area contributed by atoms with E-state index in [9.17, 15) is 18.0 Å². The highest BCUT2D eigenvalue weighted by molar-refractivity contribution is 5.81. The molecule has 0 aromatic carbocycles. The summed E-state index contributed by atoms with van der Waals surface area (Å²) < 4.78 is 35.3. The predicted octanol–water partition coefficient (Wildman–Crippen LogP) is 1.20. The van der Waals surface area contributed by atoms with Gasteiger partial charge in [0, 0.05) is 6.54 Å². The summed E-state index contributed by atoms with van der Waals surface area (Å²) in [4.78, 5) is 11.3. The van der Waals surface area contributed by atoms with Gasteiger partial charge in [-0.25, -0.2) is 0 Å². The first-order valence-corrected chi connectivity index (χ1v) is 5.07. The SMILES string of the molecule is O=C(NCCC(F)(F)F)[C@H]1CCCCN1. The van der Waals surface area contributed by atoms with Gasteiger partial charge in [0.05, 0.1) is 12.5 Å². The lowest BCUT2D eigenvalue weighted by molar-refractivity contribution is -0.136. The first-order valence-electron chi connectivity index (χ1n) is 5.07. The van der Waals surface area contributed by atoms with Crippen molar-refractivity contribution in [2.75, 3.05) is 13.1 Å². The molecule has 2 N–H and O–H groups in total. The minimum absolute atomic E-state index is 0.313. The number of nitrogens with one attached hydrogen (secondary N) is 2. The minimum Gasteiger partial charge on any atom is -0.354 e. The smallest absolute Gasteiger partial charge is 0.354 e. The van der Waals surface area contributed by atoms with Gasteiger partial charge in [-0.05, 0) is 19.4 Å². The van der Waals surface area contributed by atoms with Crippen LogP contribution in [0, 0.1) is 0 Å². The third-order valence-corrected chi connectivity index (χ3v) is 2.33. The highest BCUT2D eigenvalue weighted by atomic mass is 19.4. The number of hydrogen-bond acceptors (Lipinski definition) is 2. The van der Waals surface area contributed by atoms with E-state index in [4.69, 9.17) is 0 Å². The number of carbonyl (C=O) groups excluding carboxylic acids is 1. The topological polar surface area (TPSA) is 41.1 Å². The third-order valence-electron chi connectivity index (χ3n) is 2.33. The molecule has 0 bridgehead atoms. The van der Waals surface area contributed by atoms with Gasteiger partial charge in [-0.1, -0.05) is 6.42 Å². The Morgan fingerprint density at radius 3 is 2.67 bits per heavy atom. The van der Waals surface area contributed by atoms with Crippen LogP contribution in [0.3, 0.4) is 0 Å². The largest absolute Gasteiger partial charge is 0.390 e. The van der Waals surface area contributed by atoms with Gasteiger partial charge in [-0.2, -0.15) is 13.2 Å². The highest BCUT2D eigenvalue weighted by Crippen LogP contribution is 2.18. The van der Waals surface area contributed by atoms with Gasteiger partial charge in [0.2, 0.25) is 5.91 Å². The summed E-state index contributed by atoms with van der Waals surface area (Å²) in [7, 11) is 0. The summed E-state index contributed by atoms with van der Waals surface area (Å²) in [5, 5.41) is 5.26. The molecule has 0 radical (unpaired) electrons. The molecular weight excluding hydrogens is 209 g/mol. The van der Waals surface area contributed by atoms with Crippen LogP contribution in [0.15, 0.2) is 0 Å². The number of hydrogen-bond donors (Lipinski definition) is 2. The summed E-state index contributed by atoms with van der Waals surface area (Å²) in [5.74, 6) is -0.320. The molecule has 0 unspecified atom stereocenters. The Hall–Kier alpha value is -0.780. The van der Waals surface area contributed by atoms with Crippen molar-refractivity contribution >= 4 is 5.91 Å². The van der Waals surface area contributed by atoms with E-state index in [0.29, 0.717) is 6.42 Å². The first kappa shape index (κ1) is 12.3. The molecule has 1 amide bonds. The zero-order valence-corrected chi connectivity index (χ0v) is 8.36. The molecule has 1 fully saturated rings. The average Bonchev–Trinajstić information content (AvgIpc) is 2.17. The molecule has 0 aromatic rings. The van der Waals surface area contributed by atoms with E-state index in [1.54, 1.807) is 0 Å². The summed E-state index contributed by atoms with van der Waals surface area (Å²) >= 11 is 0. The van der Waals surface area contributed by atoms with Crippen molar-refractivity contribution in [1.29, 1.82) is 0 Å². The third kappa shape index (κ3) is 5.01. The highest BCUT2D eigenvalue weighted by Gasteiger charge is 2.27. The fourth-order valence-electron chi connectivity index (χ4n) is 1.53. The van der Waals surface area contributed by atoms with Crippen molar-refractivity contribution in [3.63, 3.8) is 0 Å². The van der Waals surface area contributed by atoms with Crippen LogP contribution in [0.2, 0.25) is 0 Å². The number of alkyl halides is 3. The Balaban J connectivity index is 2.17. The molecule has 1 aliphatic rings. The van der Waals surface area contributed by atoms with Gasteiger partial charge >= 0.3 is 6.18 Å². The Labute approximate surface area is 86.4 Å². The molecular formula is C9H15F3N2O. The summed E-state index contributed by atoms with van der Waals surface area (Å²) in [6, 6.07) is -0.313. The monoisotopic (exact) mass is 224 g/mol. The second-order valence-electron chi connectivity index (χ2n) is 3.66. The predicted molar refractivity (Wildman–Crippen MR) is 49.3 cm³/mol. The lowest BCUT2D eigenvalue weighted by Crippen LogP contribution is -2.47. The molecule has 1 heterocycles. The zero-order chi connectivity index (χ0) is 11.3. The Morgan fingerprint density at radius 2 is 2.13 bits per heavy atom. The van der Waals surface area contributed by atoms with Gasteiger partial charge < -0.3 is 10.6 Å². The van der Waals surface area contributed by atoms with Crippen LogP contribution in [0.4, 0.5) is 13.2 Å². The average molecular weight is 224 g/mol. The van der Waals surface area contributed by atoms with Crippen LogP contribution in [-0.2, 0) is 4.79 Å². The number of amides is 1. The number of rotatable bonds is 3. The van der Waals surface area contributed by atoms with Crippen LogP contribution in [0.25, 0.3) is 0 Å². The van der Waals surface area contributed by atoms with Crippen molar-refractivity contribution in [2.45, 2.75) is 37.9 Å². The number of piperidine rings is 1. The molecule has 88 valence electrons. The lowest BCUT2D eigenvalue weighted by atomic mass is 10.0. The summed E-state index contributed by atoms with van der Waals surface area (Å²) in [5.41, 5.74) is 0. The van der Waals surface area contributed by atoms with Crippen molar-refractivity contribution in [2.24, 2.45) is 0 Å². The molecule has 1 rings (SSSR count). The van der Waals surface area contributed by atoms with Crippen molar-refractivity contribution < 1.29 is 18.0 Å². The second-order valence-corrected chi connectivity index (χ2v) is 3.66. The van der Waals surface area contributed by atoms with Crippen molar-refractivity contribution in [3.8, 4) is 0 Å². The van der Waals surface area contributed by atoms with E-state index < -0.39 is 12.6 Å². The summed E-state index contributed by atoms with van der Waals surface area (Å²) in [6.07, 6.45) is -2.49. The normalized spacial score (nSPS) is 22.5. The van der Waals surface area contributed by atoms with E-state index in [1.165, 1.54) is 0 Å². The molecule has 0 spiro atoms. The number of halogens is 3. The Kier molecular flexibility index (Phi) is 4.38. The molecule has 1 atom stereocenters. The van der Waals surface area contributed by atoms with Crippen LogP contribution in [-0.4, -0.2) is 31.2 Å². The van der Waals surface area contributed by atoms with Crippen LogP contribution in [0.1, 0.15) is 25.7 Å². The molecule has 1 saturated heterocycles. The minimum atomic E-state index is -4.20. The molecule has 3 nitrogen and oxygen atoms in total. The number of carbonyl (C=O) groups is 1. The molecule has 0 saturated carbocycles. The fraction of sp³-hybridized carbons (Fsp3) is 0.889. The molecule has 15 heavy (non-hydrogen) atoms. The Morgan fingerprint density at radius 1 is 1.40 bits per heavy atom. The standard InChI is InChI=1S/C9H15F3N2O/c10-9(11,12)4-6-14-8(15)7-3-1-2-5-13-7/h7,13H,1-6H2,(H,14,15)/t7-/m1/s1. The van der Waals surface area contributed by atoms with Crippen LogP contribution >= 0.6 is 0 Å². The molecule has 0 aliphatic carbocycles. The first-order chi connectivity index (χ1) is 6.99. The van der Waals surface area contributed by atoms with E-state index in [2.05, 4.69) is 10.6 Å². The maximum Gasteiger partial charge on any atom is 0.390 e. The Bertz CT molecular complexity index is 212. The van der Waals surface area contributed by atoms with Gasteiger partial charge in [0.15, 0.2) is 0 Å². The second kappa shape index (κ2) is 5.34. The van der Waals surface area contributed by atoms with Gasteiger partial charge in [-0.3, -0.25) is 4.79 Å². The fourth-order valence-corrected chi connectivity index (χ4v) is 1.53. The quantitative estimate of drug-likeness (QED) is 0.756.